The van der Waals surface area contributed by atoms with Gasteiger partial charge in [-0.25, -0.2) is 0 Å². The predicted molar refractivity (Wildman–Crippen MR) is 59.6 cm³/mol. The summed E-state index contributed by atoms with van der Waals surface area (Å²) in [5.74, 6) is -0.430. The summed E-state index contributed by atoms with van der Waals surface area (Å²) in [6.07, 6.45) is -2.34. The highest BCUT2D eigenvalue weighted by Crippen LogP contribution is 2.20. The number of rotatable bonds is 4. The second-order valence-corrected chi connectivity index (χ2v) is 4.28. The number of nitrogens with one attached hydrogen (secondary N) is 1. The van der Waals surface area contributed by atoms with Gasteiger partial charge in [0.1, 0.15) is 0 Å². The molecule has 0 radical (unpaired) electrons. The topological polar surface area (TPSA) is 42.0 Å². The van der Waals surface area contributed by atoms with E-state index in [9.17, 15) is 18.0 Å². The Balaban J connectivity index is 2.36. The van der Waals surface area contributed by atoms with Crippen LogP contribution in [0.25, 0.3) is 0 Å². The van der Waals surface area contributed by atoms with Crippen LogP contribution >= 0.6 is 15.9 Å². The van der Waals surface area contributed by atoms with E-state index in [1.807, 2.05) is 0 Å². The zero-order valence-corrected chi connectivity index (χ0v) is 10.3. The van der Waals surface area contributed by atoms with Crippen LogP contribution in [0.15, 0.2) is 22.9 Å². The summed E-state index contributed by atoms with van der Waals surface area (Å²) in [5.41, 5.74) is 0.311. The number of alkyl halides is 3. The Morgan fingerprint density at radius 3 is 2.71 bits per heavy atom. The average Bonchev–Trinajstić information content (AvgIpc) is 2.23. The molecule has 0 aliphatic rings. The van der Waals surface area contributed by atoms with Crippen molar-refractivity contribution in [2.75, 3.05) is 6.54 Å². The lowest BCUT2D eigenvalue weighted by Crippen LogP contribution is -2.25. The van der Waals surface area contributed by atoms with E-state index >= 15 is 0 Å². The van der Waals surface area contributed by atoms with E-state index in [4.69, 9.17) is 0 Å². The standard InChI is InChI=1S/C10H10BrF3N2O/c11-8-4-7(5-15-6-8)9(17)16-3-1-2-10(12,13)14/h4-6H,1-3H2,(H,16,17). The van der Waals surface area contributed by atoms with Gasteiger partial charge < -0.3 is 5.32 Å². The lowest BCUT2D eigenvalue weighted by molar-refractivity contribution is -0.135. The molecule has 0 unspecified atom stereocenters. The molecule has 1 heterocycles. The quantitative estimate of drug-likeness (QED) is 0.869. The molecule has 0 saturated carbocycles. The minimum absolute atomic E-state index is 0.00907. The second kappa shape index (κ2) is 6.00. The first kappa shape index (κ1) is 14.0. The summed E-state index contributed by atoms with van der Waals surface area (Å²) >= 11 is 3.15. The van der Waals surface area contributed by atoms with Crippen LogP contribution in [-0.2, 0) is 0 Å². The third kappa shape index (κ3) is 5.67. The highest BCUT2D eigenvalue weighted by molar-refractivity contribution is 9.10. The van der Waals surface area contributed by atoms with Gasteiger partial charge in [0.15, 0.2) is 0 Å². The SMILES string of the molecule is O=C(NCCCC(F)(F)F)c1cncc(Br)c1. The number of carbonyl (C=O) groups is 1. The molecule has 0 fully saturated rings. The smallest absolute Gasteiger partial charge is 0.352 e. The van der Waals surface area contributed by atoms with Crippen LogP contribution in [-0.4, -0.2) is 23.6 Å². The van der Waals surface area contributed by atoms with Crippen molar-refractivity contribution in [3.05, 3.63) is 28.5 Å². The minimum atomic E-state index is -4.18. The van der Waals surface area contributed by atoms with Crippen LogP contribution in [0.3, 0.4) is 0 Å². The first-order chi connectivity index (χ1) is 7.88. The molecule has 0 aliphatic heterocycles. The molecule has 1 amide bonds. The third-order valence-corrected chi connectivity index (χ3v) is 2.32. The Labute approximate surface area is 105 Å². The molecule has 17 heavy (non-hydrogen) atoms. The van der Waals surface area contributed by atoms with E-state index in [1.54, 1.807) is 6.07 Å². The molecule has 1 aromatic heterocycles. The molecule has 1 N–H and O–H groups in total. The number of hydrogen-bond donors (Lipinski definition) is 1. The molecule has 0 saturated heterocycles. The van der Waals surface area contributed by atoms with Crippen molar-refractivity contribution in [3.8, 4) is 0 Å². The van der Waals surface area contributed by atoms with Crippen molar-refractivity contribution in [3.63, 3.8) is 0 Å². The maximum atomic E-state index is 11.8. The summed E-state index contributed by atoms with van der Waals surface area (Å²) in [4.78, 5) is 15.3. The highest BCUT2D eigenvalue weighted by Gasteiger charge is 2.25. The molecular formula is C10H10BrF3N2O. The van der Waals surface area contributed by atoms with Crippen molar-refractivity contribution in [1.82, 2.24) is 10.3 Å². The number of hydrogen-bond acceptors (Lipinski definition) is 2. The molecule has 1 rings (SSSR count). The summed E-state index contributed by atoms with van der Waals surface area (Å²) in [6.45, 7) is -0.00907. The van der Waals surface area contributed by atoms with Gasteiger partial charge in [-0.1, -0.05) is 0 Å². The largest absolute Gasteiger partial charge is 0.389 e. The lowest BCUT2D eigenvalue weighted by atomic mass is 10.2. The fourth-order valence-electron chi connectivity index (χ4n) is 1.13. The number of carbonyl (C=O) groups excluding carboxylic acids is 1. The predicted octanol–water partition coefficient (Wildman–Crippen LogP) is 2.92. The third-order valence-electron chi connectivity index (χ3n) is 1.89. The maximum Gasteiger partial charge on any atom is 0.389 e. The Bertz CT molecular complexity index is 395. The first-order valence-electron chi connectivity index (χ1n) is 4.84. The lowest BCUT2D eigenvalue weighted by Gasteiger charge is -2.07. The molecule has 0 spiro atoms. The molecule has 0 bridgehead atoms. The summed E-state index contributed by atoms with van der Waals surface area (Å²) in [6, 6.07) is 1.55. The van der Waals surface area contributed by atoms with E-state index in [0.717, 1.165) is 0 Å². The molecule has 7 heteroatoms. The highest BCUT2D eigenvalue weighted by atomic mass is 79.9. The summed E-state index contributed by atoms with van der Waals surface area (Å²) < 4.78 is 36.1. The Morgan fingerprint density at radius 1 is 1.41 bits per heavy atom. The van der Waals surface area contributed by atoms with Crippen LogP contribution in [0.2, 0.25) is 0 Å². The fourth-order valence-corrected chi connectivity index (χ4v) is 1.49. The summed E-state index contributed by atoms with van der Waals surface area (Å²) in [7, 11) is 0. The molecule has 0 aliphatic carbocycles. The molecule has 0 atom stereocenters. The van der Waals surface area contributed by atoms with Crippen LogP contribution in [0.5, 0.6) is 0 Å². The zero-order chi connectivity index (χ0) is 12.9. The number of nitrogens with zero attached hydrogens (tertiary/aromatic N) is 1. The molecule has 1 aromatic rings. The van der Waals surface area contributed by atoms with Crippen LogP contribution < -0.4 is 5.32 Å². The van der Waals surface area contributed by atoms with Gasteiger partial charge in [-0.15, -0.1) is 0 Å². The van der Waals surface area contributed by atoms with Crippen molar-refractivity contribution in [1.29, 1.82) is 0 Å². The Hall–Kier alpha value is -1.11. The van der Waals surface area contributed by atoms with Crippen LogP contribution in [0.4, 0.5) is 13.2 Å². The van der Waals surface area contributed by atoms with Gasteiger partial charge in [-0.05, 0) is 28.4 Å². The number of amides is 1. The first-order valence-corrected chi connectivity index (χ1v) is 5.63. The van der Waals surface area contributed by atoms with Crippen LogP contribution in [0.1, 0.15) is 23.2 Å². The minimum Gasteiger partial charge on any atom is -0.352 e. The second-order valence-electron chi connectivity index (χ2n) is 3.37. The van der Waals surface area contributed by atoms with Crippen molar-refractivity contribution < 1.29 is 18.0 Å². The van der Waals surface area contributed by atoms with Gasteiger partial charge in [-0.2, -0.15) is 13.2 Å². The van der Waals surface area contributed by atoms with Gasteiger partial charge in [0.25, 0.3) is 5.91 Å². The average molecular weight is 311 g/mol. The van der Waals surface area contributed by atoms with E-state index in [-0.39, 0.29) is 13.0 Å². The molecule has 0 aromatic carbocycles. The van der Waals surface area contributed by atoms with E-state index in [1.165, 1.54) is 12.4 Å². The summed E-state index contributed by atoms with van der Waals surface area (Å²) in [5, 5.41) is 2.40. The van der Waals surface area contributed by atoms with Crippen LogP contribution in [0, 0.1) is 0 Å². The maximum absolute atomic E-state index is 11.8. The molecular weight excluding hydrogens is 301 g/mol. The molecule has 3 nitrogen and oxygen atoms in total. The Morgan fingerprint density at radius 2 is 2.12 bits per heavy atom. The number of halogens is 4. The fraction of sp³-hybridized carbons (Fsp3) is 0.400. The number of aromatic nitrogens is 1. The van der Waals surface area contributed by atoms with E-state index < -0.39 is 18.5 Å². The van der Waals surface area contributed by atoms with Gasteiger partial charge in [-0.3, -0.25) is 9.78 Å². The molecule has 94 valence electrons. The van der Waals surface area contributed by atoms with Gasteiger partial charge in [0, 0.05) is 29.8 Å². The number of pyridine rings is 1. The van der Waals surface area contributed by atoms with Crippen molar-refractivity contribution in [2.24, 2.45) is 0 Å². The van der Waals surface area contributed by atoms with E-state index in [0.29, 0.717) is 10.0 Å². The zero-order valence-electron chi connectivity index (χ0n) is 8.72. The van der Waals surface area contributed by atoms with Gasteiger partial charge in [0.05, 0.1) is 5.56 Å². The van der Waals surface area contributed by atoms with Crippen molar-refractivity contribution in [2.45, 2.75) is 19.0 Å². The van der Waals surface area contributed by atoms with E-state index in [2.05, 4.69) is 26.2 Å². The van der Waals surface area contributed by atoms with Crippen molar-refractivity contribution >= 4 is 21.8 Å². The van der Waals surface area contributed by atoms with Gasteiger partial charge >= 0.3 is 6.18 Å². The Kier molecular flexibility index (Phi) is 4.92. The van der Waals surface area contributed by atoms with Gasteiger partial charge in [0.2, 0.25) is 0 Å². The monoisotopic (exact) mass is 310 g/mol. The normalized spacial score (nSPS) is 11.3.